The quantitative estimate of drug-likeness (QED) is 0.267. The molecule has 2 amide bonds. The number of imidazole rings is 1. The van der Waals surface area contributed by atoms with Gasteiger partial charge in [-0.15, -0.1) is 0 Å². The number of pyridine rings is 1. The monoisotopic (exact) mass is 621 g/mol. The van der Waals surface area contributed by atoms with Crippen LogP contribution in [0.2, 0.25) is 0 Å². The summed E-state index contributed by atoms with van der Waals surface area (Å²) in [6.45, 7) is 3.10. The predicted octanol–water partition coefficient (Wildman–Crippen LogP) is 2.42. The number of nitrogens with one attached hydrogen (secondary N) is 2. The highest BCUT2D eigenvalue weighted by molar-refractivity contribution is 7.90. The second-order valence-electron chi connectivity index (χ2n) is 10.7. The van der Waals surface area contributed by atoms with Crippen molar-refractivity contribution in [2.45, 2.75) is 17.2 Å². The van der Waals surface area contributed by atoms with E-state index in [1.54, 1.807) is 54.5 Å². The fourth-order valence-corrected chi connectivity index (χ4v) is 6.50. The van der Waals surface area contributed by atoms with Crippen molar-refractivity contribution >= 4 is 27.3 Å². The molecule has 1 fully saturated rings. The summed E-state index contributed by atoms with van der Waals surface area (Å²) in [4.78, 5) is 32.1. The zero-order valence-corrected chi connectivity index (χ0v) is 25.4. The van der Waals surface area contributed by atoms with Crippen molar-refractivity contribution in [3.05, 3.63) is 119 Å². The van der Waals surface area contributed by atoms with Crippen LogP contribution in [0.15, 0.2) is 90.3 Å². The first-order chi connectivity index (χ1) is 21.7. The molecule has 1 aliphatic heterocycles. The van der Waals surface area contributed by atoms with Gasteiger partial charge in [0, 0.05) is 86.8 Å². The second-order valence-corrected chi connectivity index (χ2v) is 12.7. The normalized spacial score (nSPS) is 13.3. The summed E-state index contributed by atoms with van der Waals surface area (Å²) in [5.74, 6) is 5.27. The van der Waals surface area contributed by atoms with Gasteiger partial charge >= 0.3 is 0 Å². The van der Waals surface area contributed by atoms with E-state index in [9.17, 15) is 18.0 Å². The minimum Gasteiger partial charge on any atom is -0.348 e. The van der Waals surface area contributed by atoms with Crippen LogP contribution < -0.4 is 10.6 Å². The van der Waals surface area contributed by atoms with Crippen LogP contribution in [-0.2, 0) is 29.2 Å². The number of hydrogen-bond donors (Lipinski definition) is 2. The van der Waals surface area contributed by atoms with Gasteiger partial charge in [0.05, 0.1) is 16.3 Å². The standard InChI is InChI=1S/C33H31N7O4S/c1-38-15-11-29(37-38)23-45(43,44)30-9-8-28(32(41)36-22-25-10-16-39-19-14-35-31(39)20-25)21-27(30)7-4-24-2-5-26(6-3-24)33(42)40-17-12-34-13-18-40/h2-3,5-6,8-11,14-16,19-21,34H,12-13,17-18,22-23H2,1H3,(H,36,41). The Kier molecular flexibility index (Phi) is 8.46. The van der Waals surface area contributed by atoms with Crippen LogP contribution in [0.1, 0.15) is 43.1 Å². The molecule has 0 saturated carbocycles. The molecule has 3 aromatic heterocycles. The van der Waals surface area contributed by atoms with E-state index in [4.69, 9.17) is 0 Å². The fourth-order valence-electron chi connectivity index (χ4n) is 5.09. The van der Waals surface area contributed by atoms with Gasteiger partial charge in [0.25, 0.3) is 11.8 Å². The van der Waals surface area contributed by atoms with Crippen molar-refractivity contribution in [3.63, 3.8) is 0 Å². The summed E-state index contributed by atoms with van der Waals surface area (Å²) < 4.78 is 30.5. The first kappa shape index (κ1) is 29.8. The molecular weight excluding hydrogens is 590 g/mol. The number of carbonyl (C=O) groups is 2. The highest BCUT2D eigenvalue weighted by Crippen LogP contribution is 2.22. The third-order valence-electron chi connectivity index (χ3n) is 7.48. The number of aromatic nitrogens is 4. The van der Waals surface area contributed by atoms with Crippen LogP contribution in [0.25, 0.3) is 5.65 Å². The number of amides is 2. The van der Waals surface area contributed by atoms with Gasteiger partial charge in [0.15, 0.2) is 9.84 Å². The number of benzene rings is 2. The number of aryl methyl sites for hydroxylation is 1. The van der Waals surface area contributed by atoms with E-state index in [0.717, 1.165) is 24.3 Å². The number of piperazine rings is 1. The van der Waals surface area contributed by atoms with Crippen LogP contribution in [0.5, 0.6) is 0 Å². The van der Waals surface area contributed by atoms with E-state index in [0.29, 0.717) is 29.9 Å². The Morgan fingerprint density at radius 2 is 1.71 bits per heavy atom. The molecule has 0 aliphatic carbocycles. The number of nitrogens with zero attached hydrogens (tertiary/aromatic N) is 5. The molecule has 2 N–H and O–H groups in total. The van der Waals surface area contributed by atoms with E-state index in [2.05, 4.69) is 32.6 Å². The highest BCUT2D eigenvalue weighted by Gasteiger charge is 2.22. The molecule has 0 unspecified atom stereocenters. The van der Waals surface area contributed by atoms with Crippen LogP contribution in [-0.4, -0.2) is 70.5 Å². The summed E-state index contributed by atoms with van der Waals surface area (Å²) in [5, 5.41) is 10.3. The number of hydrogen-bond acceptors (Lipinski definition) is 7. The lowest BCUT2D eigenvalue weighted by molar-refractivity contribution is 0.0735. The number of rotatable bonds is 7. The fraction of sp³-hybridized carbons (Fsp3) is 0.212. The third-order valence-corrected chi connectivity index (χ3v) is 9.18. The lowest BCUT2D eigenvalue weighted by atomic mass is 10.1. The summed E-state index contributed by atoms with van der Waals surface area (Å²) >= 11 is 0. The van der Waals surface area contributed by atoms with Crippen LogP contribution in [0.3, 0.4) is 0 Å². The lowest BCUT2D eigenvalue weighted by Gasteiger charge is -2.27. The Balaban J connectivity index is 1.26. The Morgan fingerprint density at radius 1 is 0.933 bits per heavy atom. The Labute approximate surface area is 260 Å². The maximum absolute atomic E-state index is 13.5. The molecule has 0 radical (unpaired) electrons. The van der Waals surface area contributed by atoms with E-state index in [1.165, 1.54) is 18.2 Å². The molecule has 1 aliphatic rings. The van der Waals surface area contributed by atoms with Crippen molar-refractivity contribution in [1.82, 2.24) is 34.7 Å². The van der Waals surface area contributed by atoms with E-state index in [-0.39, 0.29) is 40.1 Å². The van der Waals surface area contributed by atoms with Gasteiger partial charge in [-0.1, -0.05) is 11.8 Å². The third kappa shape index (κ3) is 6.95. The van der Waals surface area contributed by atoms with Crippen molar-refractivity contribution in [2.75, 3.05) is 26.2 Å². The zero-order valence-electron chi connectivity index (χ0n) is 24.6. The SMILES string of the molecule is Cn1ccc(CS(=O)(=O)c2ccc(C(=O)NCc3ccn4ccnc4c3)cc2C#Cc2ccc(C(=O)N3CCNCC3)cc2)n1. The van der Waals surface area contributed by atoms with Crippen molar-refractivity contribution in [2.24, 2.45) is 7.05 Å². The summed E-state index contributed by atoms with van der Waals surface area (Å²) in [7, 11) is -2.13. The first-order valence-electron chi connectivity index (χ1n) is 14.4. The molecule has 4 heterocycles. The molecule has 11 nitrogen and oxygen atoms in total. The molecule has 5 aromatic rings. The Hall–Kier alpha value is -5.25. The molecule has 12 heteroatoms. The maximum atomic E-state index is 13.5. The highest BCUT2D eigenvalue weighted by atomic mass is 32.2. The average molecular weight is 622 g/mol. The van der Waals surface area contributed by atoms with Crippen LogP contribution in [0.4, 0.5) is 0 Å². The van der Waals surface area contributed by atoms with Gasteiger partial charge in [-0.05, 0) is 66.2 Å². The minimum absolute atomic E-state index is 0.00691. The number of fused-ring (bicyclic) bond motifs is 1. The van der Waals surface area contributed by atoms with Crippen molar-refractivity contribution in [1.29, 1.82) is 0 Å². The van der Waals surface area contributed by atoms with Gasteiger partial charge in [-0.3, -0.25) is 14.3 Å². The lowest BCUT2D eigenvalue weighted by Crippen LogP contribution is -2.46. The minimum atomic E-state index is -3.85. The van der Waals surface area contributed by atoms with E-state index < -0.39 is 9.84 Å². The van der Waals surface area contributed by atoms with Crippen LogP contribution >= 0.6 is 0 Å². The van der Waals surface area contributed by atoms with Gasteiger partial charge in [0.2, 0.25) is 0 Å². The summed E-state index contributed by atoms with van der Waals surface area (Å²) in [6, 6.07) is 16.7. The number of carbonyl (C=O) groups excluding carboxylic acids is 2. The van der Waals surface area contributed by atoms with Crippen molar-refractivity contribution < 1.29 is 18.0 Å². The number of sulfone groups is 1. The van der Waals surface area contributed by atoms with Gasteiger partial charge in [-0.25, -0.2) is 13.4 Å². The van der Waals surface area contributed by atoms with E-state index >= 15 is 0 Å². The molecular formula is C33H31N7O4S. The molecule has 6 rings (SSSR count). The predicted molar refractivity (Wildman–Crippen MR) is 168 cm³/mol. The van der Waals surface area contributed by atoms with Crippen LogP contribution in [0, 0.1) is 11.8 Å². The molecule has 0 atom stereocenters. The van der Waals surface area contributed by atoms with Crippen molar-refractivity contribution in [3.8, 4) is 11.8 Å². The topological polar surface area (TPSA) is 131 Å². The van der Waals surface area contributed by atoms with Gasteiger partial charge < -0.3 is 19.9 Å². The molecule has 0 spiro atoms. The summed E-state index contributed by atoms with van der Waals surface area (Å²) in [5.41, 5.74) is 3.67. The Bertz CT molecular complexity index is 2050. The Morgan fingerprint density at radius 3 is 2.47 bits per heavy atom. The smallest absolute Gasteiger partial charge is 0.253 e. The van der Waals surface area contributed by atoms with Gasteiger partial charge in [-0.2, -0.15) is 5.10 Å². The molecule has 2 aromatic carbocycles. The zero-order chi connectivity index (χ0) is 31.4. The van der Waals surface area contributed by atoms with E-state index in [1.807, 2.05) is 33.8 Å². The van der Waals surface area contributed by atoms with Gasteiger partial charge in [0.1, 0.15) is 5.65 Å². The molecule has 0 bridgehead atoms. The maximum Gasteiger partial charge on any atom is 0.253 e. The average Bonchev–Trinajstić information content (AvgIpc) is 3.70. The molecule has 45 heavy (non-hydrogen) atoms. The molecule has 1 saturated heterocycles. The largest absolute Gasteiger partial charge is 0.348 e. The summed E-state index contributed by atoms with van der Waals surface area (Å²) in [6.07, 6.45) is 7.09. The second kappa shape index (κ2) is 12.8. The molecule has 228 valence electrons. The first-order valence-corrected chi connectivity index (χ1v) is 16.1.